The van der Waals surface area contributed by atoms with E-state index in [1.165, 1.54) is 7.11 Å². The molecule has 2 aliphatic heterocycles. The summed E-state index contributed by atoms with van der Waals surface area (Å²) in [7, 11) is 1.46. The Kier molecular flexibility index (Phi) is 2.98. The Morgan fingerprint density at radius 1 is 1.53 bits per heavy atom. The highest BCUT2D eigenvalue weighted by Crippen LogP contribution is 2.38. The van der Waals surface area contributed by atoms with Gasteiger partial charge in [-0.3, -0.25) is 0 Å². The Hall–Kier alpha value is -0.240. The topological polar surface area (TPSA) is 88.4 Å². The molecule has 15 heavy (non-hydrogen) atoms. The lowest BCUT2D eigenvalue weighted by Gasteiger charge is -2.24. The van der Waals surface area contributed by atoms with E-state index in [4.69, 9.17) is 19.3 Å². The second-order valence-electron chi connectivity index (χ2n) is 4.05. The molecule has 6 heteroatoms. The smallest absolute Gasteiger partial charge is 0.192 e. The van der Waals surface area contributed by atoms with Crippen LogP contribution >= 0.6 is 0 Å². The predicted molar refractivity (Wildman–Crippen MR) is 48.1 cm³/mol. The van der Waals surface area contributed by atoms with E-state index >= 15 is 0 Å². The van der Waals surface area contributed by atoms with Crippen LogP contribution in [0.5, 0.6) is 0 Å². The summed E-state index contributed by atoms with van der Waals surface area (Å²) in [4.78, 5) is 0. The van der Waals surface area contributed by atoms with Crippen molar-refractivity contribution >= 4 is 0 Å². The van der Waals surface area contributed by atoms with Gasteiger partial charge >= 0.3 is 0 Å². The molecule has 2 fully saturated rings. The molecule has 2 aliphatic rings. The molecule has 0 aromatic rings. The standard InChI is InChI=1S/C9H16O6/c1-13-4-9(12)2-5-8(15-9)7(11)6(3-10)14-5/h5-8,10-12H,2-4H2,1H3/t5-,6-,7?,8+,9?/m1/s1. The average molecular weight is 220 g/mol. The van der Waals surface area contributed by atoms with Gasteiger partial charge in [-0.05, 0) is 0 Å². The molecule has 2 unspecified atom stereocenters. The zero-order valence-corrected chi connectivity index (χ0v) is 8.50. The molecule has 0 saturated carbocycles. The Labute approximate surface area is 87.4 Å². The molecule has 0 aromatic heterocycles. The lowest BCUT2D eigenvalue weighted by molar-refractivity contribution is -0.231. The van der Waals surface area contributed by atoms with Crippen LogP contribution in [0, 0.1) is 0 Å². The van der Waals surface area contributed by atoms with E-state index in [0.29, 0.717) is 0 Å². The van der Waals surface area contributed by atoms with Crippen LogP contribution in [0.4, 0.5) is 0 Å². The highest BCUT2D eigenvalue weighted by molar-refractivity contribution is 4.99. The number of hydrogen-bond donors (Lipinski definition) is 3. The maximum absolute atomic E-state index is 9.87. The van der Waals surface area contributed by atoms with E-state index in [0.717, 1.165) is 0 Å². The Morgan fingerprint density at radius 2 is 2.27 bits per heavy atom. The van der Waals surface area contributed by atoms with Crippen LogP contribution in [-0.2, 0) is 14.2 Å². The molecular formula is C9H16O6. The van der Waals surface area contributed by atoms with Crippen molar-refractivity contribution in [3.8, 4) is 0 Å². The van der Waals surface area contributed by atoms with E-state index in [-0.39, 0.29) is 25.7 Å². The third kappa shape index (κ3) is 1.89. The molecule has 0 aromatic carbocycles. The fourth-order valence-corrected chi connectivity index (χ4v) is 2.21. The van der Waals surface area contributed by atoms with Gasteiger partial charge in [-0.15, -0.1) is 0 Å². The molecule has 0 aliphatic carbocycles. The normalized spacial score (nSPS) is 49.6. The van der Waals surface area contributed by atoms with Crippen LogP contribution < -0.4 is 0 Å². The molecule has 6 nitrogen and oxygen atoms in total. The van der Waals surface area contributed by atoms with Crippen LogP contribution in [-0.4, -0.2) is 65.8 Å². The third-order valence-corrected chi connectivity index (χ3v) is 2.86. The van der Waals surface area contributed by atoms with E-state index in [1.54, 1.807) is 0 Å². The van der Waals surface area contributed by atoms with Gasteiger partial charge in [0.25, 0.3) is 0 Å². The van der Waals surface area contributed by atoms with E-state index in [2.05, 4.69) is 0 Å². The van der Waals surface area contributed by atoms with Gasteiger partial charge in [0.15, 0.2) is 5.79 Å². The summed E-state index contributed by atoms with van der Waals surface area (Å²) in [5.74, 6) is -1.38. The van der Waals surface area contributed by atoms with E-state index in [1.807, 2.05) is 0 Å². The molecule has 0 amide bonds. The number of methoxy groups -OCH3 is 1. The fourth-order valence-electron chi connectivity index (χ4n) is 2.21. The summed E-state index contributed by atoms with van der Waals surface area (Å²) in [5.41, 5.74) is 0. The summed E-state index contributed by atoms with van der Waals surface area (Å²) in [5, 5.41) is 28.5. The van der Waals surface area contributed by atoms with Crippen LogP contribution in [0.15, 0.2) is 0 Å². The number of rotatable bonds is 3. The molecule has 0 spiro atoms. The first kappa shape index (κ1) is 11.3. The van der Waals surface area contributed by atoms with Gasteiger partial charge in [0.1, 0.15) is 24.9 Å². The molecule has 0 radical (unpaired) electrons. The monoisotopic (exact) mass is 220 g/mol. The summed E-state index contributed by atoms with van der Waals surface area (Å²) >= 11 is 0. The van der Waals surface area contributed by atoms with Gasteiger partial charge in [0.05, 0.1) is 12.7 Å². The third-order valence-electron chi connectivity index (χ3n) is 2.86. The van der Waals surface area contributed by atoms with Crippen LogP contribution in [0.3, 0.4) is 0 Å². The van der Waals surface area contributed by atoms with Crippen LogP contribution in [0.2, 0.25) is 0 Å². The lowest BCUT2D eigenvalue weighted by atomic mass is 10.1. The Morgan fingerprint density at radius 3 is 2.80 bits per heavy atom. The summed E-state index contributed by atoms with van der Waals surface area (Å²) < 4.78 is 15.5. The highest BCUT2D eigenvalue weighted by Gasteiger charge is 2.55. The van der Waals surface area contributed by atoms with E-state index in [9.17, 15) is 10.2 Å². The number of ether oxygens (including phenoxy) is 3. The second-order valence-corrected chi connectivity index (χ2v) is 4.05. The van der Waals surface area contributed by atoms with Gasteiger partial charge in [0, 0.05) is 13.5 Å². The van der Waals surface area contributed by atoms with Crippen molar-refractivity contribution in [2.45, 2.75) is 36.6 Å². The summed E-state index contributed by atoms with van der Waals surface area (Å²) in [6.45, 7) is -0.208. The molecule has 2 saturated heterocycles. The van der Waals surface area contributed by atoms with Crippen molar-refractivity contribution in [3.05, 3.63) is 0 Å². The zero-order chi connectivity index (χ0) is 11.1. The quantitative estimate of drug-likeness (QED) is 0.521. The van der Waals surface area contributed by atoms with Gasteiger partial charge in [0.2, 0.25) is 0 Å². The van der Waals surface area contributed by atoms with Gasteiger partial charge in [-0.2, -0.15) is 0 Å². The molecular weight excluding hydrogens is 204 g/mol. The maximum Gasteiger partial charge on any atom is 0.192 e. The average Bonchev–Trinajstić information content (AvgIpc) is 2.63. The minimum Gasteiger partial charge on any atom is -0.394 e. The zero-order valence-electron chi connectivity index (χ0n) is 8.50. The summed E-state index contributed by atoms with van der Waals surface area (Å²) in [6.07, 6.45) is -2.23. The molecule has 88 valence electrons. The Balaban J connectivity index is 2.01. The van der Waals surface area contributed by atoms with Crippen molar-refractivity contribution in [1.29, 1.82) is 0 Å². The van der Waals surface area contributed by atoms with Crippen molar-refractivity contribution in [3.63, 3.8) is 0 Å². The molecule has 2 rings (SSSR count). The minimum absolute atomic E-state index is 0.0415. The van der Waals surface area contributed by atoms with Crippen LogP contribution in [0.1, 0.15) is 6.42 Å². The van der Waals surface area contributed by atoms with Gasteiger partial charge in [-0.25, -0.2) is 0 Å². The SMILES string of the molecule is COCC1(O)C[C@H]2O[C@H](CO)C(O)[C@H]2O1. The number of aliphatic hydroxyl groups is 3. The first-order valence-corrected chi connectivity index (χ1v) is 4.93. The first-order chi connectivity index (χ1) is 7.09. The Bertz CT molecular complexity index is 235. The van der Waals surface area contributed by atoms with Crippen LogP contribution in [0.25, 0.3) is 0 Å². The largest absolute Gasteiger partial charge is 0.394 e. The molecule has 3 N–H and O–H groups in total. The highest BCUT2D eigenvalue weighted by atomic mass is 16.7. The lowest BCUT2D eigenvalue weighted by Crippen LogP contribution is -2.40. The van der Waals surface area contributed by atoms with Gasteiger partial charge < -0.3 is 29.5 Å². The number of fused-ring (bicyclic) bond motifs is 1. The van der Waals surface area contributed by atoms with Crippen molar-refractivity contribution in [1.82, 2.24) is 0 Å². The molecule has 5 atom stereocenters. The van der Waals surface area contributed by atoms with Gasteiger partial charge in [-0.1, -0.05) is 0 Å². The fraction of sp³-hybridized carbons (Fsp3) is 1.00. The van der Waals surface area contributed by atoms with Crippen molar-refractivity contribution < 1.29 is 29.5 Å². The second kappa shape index (κ2) is 3.97. The first-order valence-electron chi connectivity index (χ1n) is 4.93. The predicted octanol–water partition coefficient (Wildman–Crippen LogP) is -1.77. The molecule has 0 bridgehead atoms. The summed E-state index contributed by atoms with van der Waals surface area (Å²) in [6, 6.07) is 0. The number of hydrogen-bond acceptors (Lipinski definition) is 6. The van der Waals surface area contributed by atoms with Crippen molar-refractivity contribution in [2.75, 3.05) is 20.3 Å². The van der Waals surface area contributed by atoms with Crippen molar-refractivity contribution in [2.24, 2.45) is 0 Å². The maximum atomic E-state index is 9.87. The minimum atomic E-state index is -1.38. The van der Waals surface area contributed by atoms with E-state index < -0.39 is 24.1 Å². The number of aliphatic hydroxyl groups excluding tert-OH is 2. The molecule has 2 heterocycles.